The SMILES string of the molecule is C[C@]12Cc3ccc(O)c4c3[C@@]3(CCN1CC1CCC1)[C@@H](O4)[C@@H](O)CC[C@]32O.Cl. The molecule has 1 aromatic rings. The van der Waals surface area contributed by atoms with Crippen LogP contribution in [0.5, 0.6) is 11.5 Å². The standard InChI is InChI=1S/C22H29NO4.ClH/c1-20-11-14-5-6-15(24)18-17(14)21(9-10-23(20)12-13-3-2-4-13)19(27-18)16(25)7-8-22(20,21)26;/h5-6,13,16,19,24-26H,2-4,7-12H2,1H3;1H/t16-,19-,20+,21-,22+;/m0./s1. The lowest BCUT2D eigenvalue weighted by molar-refractivity contribution is -0.243. The van der Waals surface area contributed by atoms with E-state index in [0.717, 1.165) is 37.4 Å². The van der Waals surface area contributed by atoms with Gasteiger partial charge in [-0.1, -0.05) is 12.5 Å². The average Bonchev–Trinajstić information content (AvgIpc) is 2.95. The fourth-order valence-electron chi connectivity index (χ4n) is 7.27. The van der Waals surface area contributed by atoms with Crippen molar-refractivity contribution in [2.75, 3.05) is 13.1 Å². The van der Waals surface area contributed by atoms with E-state index in [4.69, 9.17) is 4.74 Å². The van der Waals surface area contributed by atoms with Gasteiger partial charge in [0, 0.05) is 12.1 Å². The van der Waals surface area contributed by atoms with Gasteiger partial charge in [-0.2, -0.15) is 0 Å². The van der Waals surface area contributed by atoms with Crippen LogP contribution in [0.25, 0.3) is 0 Å². The highest BCUT2D eigenvalue weighted by Gasteiger charge is 2.76. The zero-order valence-corrected chi connectivity index (χ0v) is 17.2. The van der Waals surface area contributed by atoms with E-state index in [1.165, 1.54) is 24.8 Å². The number of phenols is 1. The molecule has 2 bridgehead atoms. The molecule has 2 aliphatic heterocycles. The fraction of sp³-hybridized carbons (Fsp3) is 0.727. The molecule has 5 aliphatic rings. The highest BCUT2D eigenvalue weighted by Crippen LogP contribution is 2.68. The van der Waals surface area contributed by atoms with Crippen LogP contribution in [0.15, 0.2) is 12.1 Å². The molecule has 1 aromatic carbocycles. The summed E-state index contributed by atoms with van der Waals surface area (Å²) in [6.45, 7) is 4.20. The number of hydrogen-bond donors (Lipinski definition) is 3. The molecule has 5 atom stereocenters. The quantitative estimate of drug-likeness (QED) is 0.702. The second-order valence-electron chi connectivity index (χ2n) is 9.87. The monoisotopic (exact) mass is 407 g/mol. The summed E-state index contributed by atoms with van der Waals surface area (Å²) in [5.41, 5.74) is 0.225. The molecule has 1 saturated heterocycles. The largest absolute Gasteiger partial charge is 0.504 e. The lowest BCUT2D eigenvalue weighted by atomic mass is 9.44. The van der Waals surface area contributed by atoms with Crippen molar-refractivity contribution in [3.05, 3.63) is 23.3 Å². The van der Waals surface area contributed by atoms with E-state index in [2.05, 4.69) is 11.8 Å². The molecule has 3 fully saturated rings. The van der Waals surface area contributed by atoms with Crippen molar-refractivity contribution >= 4 is 12.4 Å². The van der Waals surface area contributed by atoms with Crippen LogP contribution in [-0.2, 0) is 11.8 Å². The zero-order valence-electron chi connectivity index (χ0n) is 16.4. The first-order chi connectivity index (χ1) is 12.9. The Morgan fingerprint density at radius 1 is 1.21 bits per heavy atom. The minimum atomic E-state index is -0.946. The van der Waals surface area contributed by atoms with Crippen LogP contribution in [0.4, 0.5) is 0 Å². The normalized spacial score (nSPS) is 43.5. The van der Waals surface area contributed by atoms with Gasteiger partial charge in [0.15, 0.2) is 11.5 Å². The smallest absolute Gasteiger partial charge is 0.165 e. The lowest BCUT2D eigenvalue weighted by Gasteiger charge is -2.69. The first-order valence-electron chi connectivity index (χ1n) is 10.6. The summed E-state index contributed by atoms with van der Waals surface area (Å²) in [6.07, 6.45) is 5.53. The van der Waals surface area contributed by atoms with E-state index in [9.17, 15) is 15.3 Å². The third kappa shape index (κ3) is 1.90. The van der Waals surface area contributed by atoms with Crippen molar-refractivity contribution in [1.29, 1.82) is 0 Å². The van der Waals surface area contributed by atoms with Crippen molar-refractivity contribution in [1.82, 2.24) is 4.90 Å². The van der Waals surface area contributed by atoms with Gasteiger partial charge < -0.3 is 20.1 Å². The average molecular weight is 408 g/mol. The fourth-order valence-corrected chi connectivity index (χ4v) is 7.27. The minimum Gasteiger partial charge on any atom is -0.504 e. The van der Waals surface area contributed by atoms with Gasteiger partial charge in [0.1, 0.15) is 6.10 Å². The number of benzene rings is 1. The molecule has 6 rings (SSSR count). The maximum atomic E-state index is 12.3. The molecule has 3 aliphatic carbocycles. The summed E-state index contributed by atoms with van der Waals surface area (Å²) in [4.78, 5) is 2.55. The predicted octanol–water partition coefficient (Wildman–Crippen LogP) is 2.52. The van der Waals surface area contributed by atoms with E-state index >= 15 is 0 Å². The van der Waals surface area contributed by atoms with Gasteiger partial charge >= 0.3 is 0 Å². The van der Waals surface area contributed by atoms with Crippen LogP contribution >= 0.6 is 12.4 Å². The van der Waals surface area contributed by atoms with Crippen molar-refractivity contribution in [3.63, 3.8) is 0 Å². The van der Waals surface area contributed by atoms with Crippen molar-refractivity contribution in [2.24, 2.45) is 5.92 Å². The predicted molar refractivity (Wildman–Crippen MR) is 107 cm³/mol. The number of aliphatic hydroxyl groups is 2. The van der Waals surface area contributed by atoms with Gasteiger partial charge in [0.05, 0.1) is 22.7 Å². The van der Waals surface area contributed by atoms with Crippen molar-refractivity contribution in [3.8, 4) is 11.5 Å². The Morgan fingerprint density at radius 2 is 2.00 bits per heavy atom. The van der Waals surface area contributed by atoms with Crippen LogP contribution in [0.3, 0.4) is 0 Å². The number of phenolic OH excluding ortho intramolecular Hbond substituents is 1. The van der Waals surface area contributed by atoms with Crippen molar-refractivity contribution in [2.45, 2.75) is 80.6 Å². The van der Waals surface area contributed by atoms with Crippen LogP contribution in [-0.4, -0.2) is 56.7 Å². The molecule has 2 heterocycles. The summed E-state index contributed by atoms with van der Waals surface area (Å²) in [7, 11) is 0. The molecule has 1 spiro atoms. The Labute approximate surface area is 172 Å². The van der Waals surface area contributed by atoms with Gasteiger partial charge in [-0.25, -0.2) is 0 Å². The summed E-state index contributed by atoms with van der Waals surface area (Å²) in [5.74, 6) is 1.39. The van der Waals surface area contributed by atoms with Crippen LogP contribution in [0.1, 0.15) is 56.6 Å². The number of rotatable bonds is 2. The number of piperidine rings is 1. The summed E-state index contributed by atoms with van der Waals surface area (Å²) in [5, 5.41) is 33.6. The number of halogens is 1. The summed E-state index contributed by atoms with van der Waals surface area (Å²) in [6, 6.07) is 3.72. The van der Waals surface area contributed by atoms with Crippen LogP contribution in [0, 0.1) is 5.92 Å². The van der Waals surface area contributed by atoms with Crippen molar-refractivity contribution < 1.29 is 20.1 Å². The Balaban J connectivity index is 0.00000171. The number of aromatic hydroxyl groups is 1. The summed E-state index contributed by atoms with van der Waals surface area (Å²) >= 11 is 0. The van der Waals surface area contributed by atoms with Gasteiger partial charge in [-0.05, 0) is 69.5 Å². The van der Waals surface area contributed by atoms with Crippen LogP contribution in [0.2, 0.25) is 0 Å². The molecule has 5 nitrogen and oxygen atoms in total. The number of ether oxygens (including phenoxy) is 1. The number of nitrogens with zero attached hydrogens (tertiary/aromatic N) is 1. The zero-order chi connectivity index (χ0) is 18.6. The maximum Gasteiger partial charge on any atom is 0.165 e. The second-order valence-corrected chi connectivity index (χ2v) is 9.87. The van der Waals surface area contributed by atoms with E-state index < -0.39 is 23.2 Å². The Hall–Kier alpha value is -1.01. The van der Waals surface area contributed by atoms with Gasteiger partial charge in [-0.3, -0.25) is 4.90 Å². The third-order valence-corrected chi connectivity index (χ3v) is 8.89. The molecular formula is C22H30ClNO4. The topological polar surface area (TPSA) is 73.2 Å². The Kier molecular flexibility index (Phi) is 3.92. The molecule has 3 N–H and O–H groups in total. The van der Waals surface area contributed by atoms with E-state index in [0.29, 0.717) is 18.6 Å². The Morgan fingerprint density at radius 3 is 2.71 bits per heavy atom. The minimum absolute atomic E-state index is 0. The Bertz CT molecular complexity index is 829. The molecule has 0 radical (unpaired) electrons. The van der Waals surface area contributed by atoms with E-state index in [1.54, 1.807) is 6.07 Å². The number of aliphatic hydroxyl groups excluding tert-OH is 1. The lowest BCUT2D eigenvalue weighted by Crippen LogP contribution is -2.82. The van der Waals surface area contributed by atoms with Gasteiger partial charge in [0.25, 0.3) is 0 Å². The maximum absolute atomic E-state index is 12.3. The molecule has 154 valence electrons. The summed E-state index contributed by atoms with van der Waals surface area (Å²) < 4.78 is 6.20. The van der Waals surface area contributed by atoms with Gasteiger partial charge in [0.2, 0.25) is 0 Å². The second kappa shape index (κ2) is 5.78. The first kappa shape index (κ1) is 19.0. The molecule has 6 heteroatoms. The molecule has 28 heavy (non-hydrogen) atoms. The van der Waals surface area contributed by atoms with E-state index in [1.807, 2.05) is 6.07 Å². The molecule has 0 amide bonds. The highest BCUT2D eigenvalue weighted by atomic mass is 35.5. The molecular weight excluding hydrogens is 378 g/mol. The number of likely N-dealkylation sites (tertiary alicyclic amines) is 1. The highest BCUT2D eigenvalue weighted by molar-refractivity contribution is 5.85. The molecule has 2 saturated carbocycles. The number of hydrogen-bond acceptors (Lipinski definition) is 5. The van der Waals surface area contributed by atoms with Crippen LogP contribution < -0.4 is 4.74 Å². The molecule has 0 unspecified atom stereocenters. The first-order valence-corrected chi connectivity index (χ1v) is 10.6. The van der Waals surface area contributed by atoms with Gasteiger partial charge in [-0.15, -0.1) is 12.4 Å². The van der Waals surface area contributed by atoms with E-state index in [-0.39, 0.29) is 23.7 Å². The third-order valence-electron chi connectivity index (χ3n) is 8.89. The molecule has 0 aromatic heterocycles.